The maximum absolute atomic E-state index is 10.3. The molecular formula is C88H172O8Sn. The summed E-state index contributed by atoms with van der Waals surface area (Å²) in [6.45, 7) is 9.12. The zero-order valence-electron chi connectivity index (χ0n) is 66.3. The predicted octanol–water partition coefficient (Wildman–Crippen LogP) is 25.9. The van der Waals surface area contributed by atoms with Crippen LogP contribution in [0.4, 0.5) is 0 Å². The van der Waals surface area contributed by atoms with Crippen LogP contribution in [0.15, 0.2) is 0 Å². The Morgan fingerprint density at radius 3 is 0.258 bits per heavy atom. The summed E-state index contributed by atoms with van der Waals surface area (Å²) < 4.78 is 0. The fourth-order valence-corrected chi connectivity index (χ4v) is 13.4. The van der Waals surface area contributed by atoms with Crippen LogP contribution in [0.3, 0.4) is 0 Å². The minimum atomic E-state index is -0.901. The van der Waals surface area contributed by atoms with Gasteiger partial charge in [0.2, 0.25) is 0 Å². The van der Waals surface area contributed by atoms with Crippen molar-refractivity contribution in [2.75, 3.05) is 0 Å². The van der Waals surface area contributed by atoms with Crippen molar-refractivity contribution in [1.82, 2.24) is 0 Å². The smallest absolute Gasteiger partial charge is 0.550 e. The summed E-state index contributed by atoms with van der Waals surface area (Å²) in [6, 6.07) is 0. The number of hydrogen-bond donors (Lipinski definition) is 0. The van der Waals surface area contributed by atoms with Gasteiger partial charge in [-0.3, -0.25) is 0 Å². The number of rotatable bonds is 80. The SMILES string of the molecule is CCCCCCCCCCCCCCCCCCCCCC(=O)[O-].CCCCCCCCCCCCCCCCCCCCCC(=O)[O-].CCCCCCCCCCCCCCCCCCCCCC(=O)[O-].CCCCCCCCCCCCCCCCCCCCCC(=O)[O-].[Sn+4]. The van der Waals surface area contributed by atoms with Crippen LogP contribution in [0.5, 0.6) is 0 Å². The second kappa shape index (κ2) is 101. The predicted molar refractivity (Wildman–Crippen MR) is 418 cm³/mol. The first-order valence-corrected chi connectivity index (χ1v) is 43.9. The molecule has 0 aliphatic rings. The first-order chi connectivity index (χ1) is 47.1. The third-order valence-electron chi connectivity index (χ3n) is 19.9. The Kier molecular flexibility index (Phi) is 109. The third kappa shape index (κ3) is 119. The number of carbonyl (C=O) groups is 4. The summed E-state index contributed by atoms with van der Waals surface area (Å²) >= 11 is 0. The quantitative estimate of drug-likeness (QED) is 0.0430. The molecule has 0 unspecified atom stereocenters. The topological polar surface area (TPSA) is 161 Å². The molecule has 0 radical (unpaired) electrons. The summed E-state index contributed by atoms with van der Waals surface area (Å²) in [5.41, 5.74) is 0. The van der Waals surface area contributed by atoms with E-state index >= 15 is 0 Å². The number of aliphatic carboxylic acids is 4. The standard InChI is InChI=1S/4C22H44O2.Sn/c4*1-2-3-4-5-6-7-8-9-10-11-12-13-14-15-16-17-18-19-20-21-22(23)24;/h4*2-21H2,1H3,(H,23,24);/q;;;;+4/p-4. The molecule has 0 aliphatic heterocycles. The molecule has 0 aromatic rings. The molecule has 576 valence electrons. The first-order valence-electron chi connectivity index (χ1n) is 43.9. The van der Waals surface area contributed by atoms with E-state index in [0.29, 0.717) is 0 Å². The van der Waals surface area contributed by atoms with Crippen LogP contribution in [0.1, 0.15) is 541 Å². The van der Waals surface area contributed by atoms with E-state index in [1.54, 1.807) is 0 Å². The van der Waals surface area contributed by atoms with Gasteiger partial charge in [0, 0.05) is 23.9 Å². The van der Waals surface area contributed by atoms with Gasteiger partial charge in [-0.25, -0.2) is 0 Å². The Balaban J connectivity index is -0.000000386. The van der Waals surface area contributed by atoms with Gasteiger partial charge in [-0.2, -0.15) is 0 Å². The zero-order chi connectivity index (χ0) is 70.9. The van der Waals surface area contributed by atoms with Crippen molar-refractivity contribution in [1.29, 1.82) is 0 Å². The van der Waals surface area contributed by atoms with E-state index in [2.05, 4.69) is 27.7 Å². The van der Waals surface area contributed by atoms with E-state index < -0.39 is 23.9 Å². The summed E-state index contributed by atoms with van der Waals surface area (Å²) in [4.78, 5) is 41.1. The van der Waals surface area contributed by atoms with Crippen LogP contribution in [0, 0.1) is 0 Å². The Hall–Kier alpha value is -1.32. The molecular weight excluding hydrogens is 1300 g/mol. The Labute approximate surface area is 624 Å². The average molecular weight is 1480 g/mol. The van der Waals surface area contributed by atoms with Crippen molar-refractivity contribution in [3.05, 3.63) is 0 Å². The van der Waals surface area contributed by atoms with Crippen LogP contribution in [-0.2, 0) is 19.2 Å². The molecule has 0 heterocycles. The molecule has 0 aromatic carbocycles. The number of unbranched alkanes of at least 4 members (excludes halogenated alkanes) is 72. The molecule has 0 amide bonds. The first kappa shape index (κ1) is 104. The van der Waals surface area contributed by atoms with Gasteiger partial charge in [0.05, 0.1) is 0 Å². The van der Waals surface area contributed by atoms with Gasteiger partial charge < -0.3 is 39.6 Å². The second-order valence-electron chi connectivity index (χ2n) is 29.9. The monoisotopic (exact) mass is 1480 g/mol. The fourth-order valence-electron chi connectivity index (χ4n) is 13.4. The molecule has 0 saturated carbocycles. The average Bonchev–Trinajstić information content (AvgIpc) is 3.57. The second-order valence-corrected chi connectivity index (χ2v) is 29.9. The molecule has 0 atom stereocenters. The van der Waals surface area contributed by atoms with Gasteiger partial charge in [-0.1, -0.05) is 490 Å². The van der Waals surface area contributed by atoms with Crippen molar-refractivity contribution in [2.24, 2.45) is 0 Å². The van der Waals surface area contributed by atoms with Crippen LogP contribution in [0.25, 0.3) is 0 Å². The molecule has 0 aromatic heterocycles. The van der Waals surface area contributed by atoms with Crippen LogP contribution >= 0.6 is 0 Å². The van der Waals surface area contributed by atoms with Crippen LogP contribution < -0.4 is 20.4 Å². The van der Waals surface area contributed by atoms with Crippen LogP contribution in [-0.4, -0.2) is 47.8 Å². The molecule has 0 saturated heterocycles. The van der Waals surface area contributed by atoms with Crippen molar-refractivity contribution < 1.29 is 39.6 Å². The number of hydrogen-bond acceptors (Lipinski definition) is 8. The molecule has 0 rings (SSSR count). The normalized spacial score (nSPS) is 10.9. The number of carbonyl (C=O) groups excluding carboxylic acids is 4. The van der Waals surface area contributed by atoms with Gasteiger partial charge in [0.15, 0.2) is 0 Å². The summed E-state index contributed by atoms with van der Waals surface area (Å²) in [6.07, 6.45) is 103. The van der Waals surface area contributed by atoms with Crippen molar-refractivity contribution in [2.45, 2.75) is 541 Å². The Morgan fingerprint density at radius 2 is 0.196 bits per heavy atom. The molecule has 0 bridgehead atoms. The van der Waals surface area contributed by atoms with E-state index in [0.717, 1.165) is 51.4 Å². The summed E-state index contributed by atoms with van der Waals surface area (Å²) in [5, 5.41) is 41.1. The number of carboxylic acid groups (broad SMARTS) is 4. The maximum Gasteiger partial charge on any atom is 4.00 e. The molecule has 0 N–H and O–H groups in total. The third-order valence-corrected chi connectivity index (χ3v) is 19.9. The Bertz CT molecular complexity index is 1220. The van der Waals surface area contributed by atoms with Crippen LogP contribution in [0.2, 0.25) is 0 Å². The van der Waals surface area contributed by atoms with Gasteiger partial charge in [-0.15, -0.1) is 0 Å². The summed E-state index contributed by atoms with van der Waals surface area (Å²) in [7, 11) is 0. The minimum Gasteiger partial charge on any atom is -0.550 e. The van der Waals surface area contributed by atoms with E-state index in [9.17, 15) is 39.6 Å². The van der Waals surface area contributed by atoms with E-state index in [4.69, 9.17) is 0 Å². The van der Waals surface area contributed by atoms with Crippen molar-refractivity contribution in [3.63, 3.8) is 0 Å². The molecule has 9 heteroatoms. The number of carboxylic acids is 4. The molecule has 0 spiro atoms. The van der Waals surface area contributed by atoms with Gasteiger partial charge in [-0.05, 0) is 51.4 Å². The molecule has 0 fully saturated rings. The van der Waals surface area contributed by atoms with Crippen molar-refractivity contribution >= 4 is 47.8 Å². The molecule has 97 heavy (non-hydrogen) atoms. The summed E-state index contributed by atoms with van der Waals surface area (Å²) in [5.74, 6) is -3.60. The fraction of sp³-hybridized carbons (Fsp3) is 0.955. The van der Waals surface area contributed by atoms with E-state index in [1.165, 1.54) is 437 Å². The van der Waals surface area contributed by atoms with Crippen molar-refractivity contribution in [3.8, 4) is 0 Å². The minimum absolute atomic E-state index is 0. The van der Waals surface area contributed by atoms with Gasteiger partial charge >= 0.3 is 23.9 Å². The van der Waals surface area contributed by atoms with Gasteiger partial charge in [0.1, 0.15) is 0 Å². The van der Waals surface area contributed by atoms with Gasteiger partial charge in [0.25, 0.3) is 0 Å². The van der Waals surface area contributed by atoms with E-state index in [1.807, 2.05) is 0 Å². The maximum atomic E-state index is 10.3. The Morgan fingerprint density at radius 1 is 0.134 bits per heavy atom. The molecule has 0 aliphatic carbocycles. The van der Waals surface area contributed by atoms with E-state index in [-0.39, 0.29) is 49.6 Å². The molecule has 8 nitrogen and oxygen atoms in total. The largest absolute Gasteiger partial charge is 4.00 e. The zero-order valence-corrected chi connectivity index (χ0v) is 69.2.